The molecule has 5 nitrogen and oxygen atoms in total. The van der Waals surface area contributed by atoms with Gasteiger partial charge in [0.05, 0.1) is 0 Å². The molecule has 0 saturated carbocycles. The summed E-state index contributed by atoms with van der Waals surface area (Å²) in [5, 5.41) is 5.52. The molecule has 1 amide bonds. The quantitative estimate of drug-likeness (QED) is 0.148. The van der Waals surface area contributed by atoms with E-state index in [1.54, 1.807) is 0 Å². The average molecular weight is 488 g/mol. The second kappa shape index (κ2) is 14.7. The Morgan fingerprint density at radius 3 is 2.36 bits per heavy atom. The first-order valence-corrected chi connectivity index (χ1v) is 13.0. The molecule has 192 valence electrons. The number of H-pyrrole nitrogens is 1. The van der Waals surface area contributed by atoms with Gasteiger partial charge in [0.15, 0.2) is 0 Å². The molecule has 0 radical (unpaired) electrons. The molecule has 5 heteroatoms. The number of hydrogen-bond acceptors (Lipinski definition) is 3. The molecule has 2 aromatic carbocycles. The van der Waals surface area contributed by atoms with Gasteiger partial charge in [0, 0.05) is 52.6 Å². The normalized spacial score (nSPS) is 11.8. The number of benzene rings is 2. The van der Waals surface area contributed by atoms with Crippen molar-refractivity contribution in [1.82, 2.24) is 9.88 Å². The molecule has 0 atom stereocenters. The van der Waals surface area contributed by atoms with Crippen molar-refractivity contribution in [2.45, 2.75) is 60.3 Å². The van der Waals surface area contributed by atoms with Crippen molar-refractivity contribution in [3.63, 3.8) is 0 Å². The summed E-state index contributed by atoms with van der Waals surface area (Å²) in [6.45, 7) is 16.7. The lowest BCUT2D eigenvalue weighted by molar-refractivity contribution is -0.105. The first-order valence-electron chi connectivity index (χ1n) is 13.0. The Bertz CT molecular complexity index is 1280. The van der Waals surface area contributed by atoms with Gasteiger partial charge in [-0.25, -0.2) is 0 Å². The van der Waals surface area contributed by atoms with Crippen molar-refractivity contribution in [2.24, 2.45) is 0 Å². The van der Waals surface area contributed by atoms with E-state index in [0.29, 0.717) is 11.8 Å². The van der Waals surface area contributed by atoms with Crippen LogP contribution >= 0.6 is 0 Å². The summed E-state index contributed by atoms with van der Waals surface area (Å²) in [6, 6.07) is 9.45. The van der Waals surface area contributed by atoms with E-state index >= 15 is 0 Å². The maximum Gasteiger partial charge on any atom is 0.256 e. The Kier molecular flexibility index (Phi) is 11.7. The highest BCUT2D eigenvalue weighted by Gasteiger charge is 2.21. The topological polar surface area (TPSA) is 65.2 Å². The number of amides is 1. The van der Waals surface area contributed by atoms with Gasteiger partial charge >= 0.3 is 0 Å². The number of carbonyl (C=O) groups excluding carboxylic acids is 1. The Hall–Kier alpha value is -3.60. The Morgan fingerprint density at radius 1 is 1.08 bits per heavy atom. The third-order valence-electron chi connectivity index (χ3n) is 5.77. The molecule has 2 N–H and O–H groups in total. The lowest BCUT2D eigenvalue weighted by Crippen LogP contribution is -2.23. The van der Waals surface area contributed by atoms with Gasteiger partial charge in [0.1, 0.15) is 0 Å². The van der Waals surface area contributed by atoms with Gasteiger partial charge in [-0.05, 0) is 61.2 Å². The molecule has 1 aliphatic rings. The summed E-state index contributed by atoms with van der Waals surface area (Å²) in [4.78, 5) is 28.0. The molecule has 4 rings (SSSR count). The monoisotopic (exact) mass is 487 g/mol. The number of nitrogens with zero attached hydrogens (tertiary/aromatic N) is 1. The van der Waals surface area contributed by atoms with E-state index in [-0.39, 0.29) is 5.56 Å². The van der Waals surface area contributed by atoms with Gasteiger partial charge < -0.3 is 15.2 Å². The molecule has 0 spiro atoms. The van der Waals surface area contributed by atoms with Gasteiger partial charge in [0.2, 0.25) is 6.41 Å². The maximum atomic E-state index is 12.1. The zero-order valence-corrected chi connectivity index (χ0v) is 22.5. The van der Waals surface area contributed by atoms with Crippen LogP contribution in [0.2, 0.25) is 0 Å². The minimum atomic E-state index is -0.0618. The number of allylic oxidation sites excluding steroid dienone is 4. The molecular weight excluding hydrogens is 446 g/mol. The van der Waals surface area contributed by atoms with Crippen molar-refractivity contribution in [3.05, 3.63) is 88.4 Å². The van der Waals surface area contributed by atoms with Gasteiger partial charge in [-0.1, -0.05) is 65.0 Å². The lowest BCUT2D eigenvalue weighted by atomic mass is 10.1. The van der Waals surface area contributed by atoms with Crippen LogP contribution in [0.1, 0.15) is 65.0 Å². The van der Waals surface area contributed by atoms with Crippen LogP contribution in [0.5, 0.6) is 0 Å². The summed E-state index contributed by atoms with van der Waals surface area (Å²) in [6.07, 6.45) is 13.2. The van der Waals surface area contributed by atoms with Gasteiger partial charge in [-0.2, -0.15) is 0 Å². The van der Waals surface area contributed by atoms with Crippen molar-refractivity contribution in [2.75, 3.05) is 18.4 Å². The number of pyridine rings is 1. The fourth-order valence-electron chi connectivity index (χ4n) is 4.50. The fraction of sp³-hybridized carbons (Fsp3) is 0.355. The standard InChI is InChI=1S/C15H10N2O2.C13H23N.C3H8/c18-7-16-11-4-5-12-14-10(11)6-8-2-1-3-9(13(8)14)15(19)17-12;1-5-9-13(10-6-2)14(11-7-3)12-8-4;1-3-2/h1-5,7H,6H2,(H,16,18)(H,17,19);5-6,9-10H,1,7-8,11-12H2,2-4H3;3H2,1-2H3/b;10-6-,13-9+;. The molecule has 0 fully saturated rings. The number of nitrogens with one attached hydrogen (secondary N) is 2. The van der Waals surface area contributed by atoms with E-state index in [2.05, 4.69) is 67.7 Å². The highest BCUT2D eigenvalue weighted by Crippen LogP contribution is 2.39. The fourth-order valence-corrected chi connectivity index (χ4v) is 4.50. The highest BCUT2D eigenvalue weighted by atomic mass is 16.1. The van der Waals surface area contributed by atoms with Crippen LogP contribution in [0.25, 0.3) is 21.7 Å². The number of aromatic nitrogens is 1. The first kappa shape index (κ1) is 28.6. The van der Waals surface area contributed by atoms with E-state index in [1.165, 1.54) is 25.0 Å². The Morgan fingerprint density at radius 2 is 1.78 bits per heavy atom. The molecular formula is C31H41N3O2. The molecule has 1 aliphatic carbocycles. The van der Waals surface area contributed by atoms with Crippen LogP contribution in [0, 0.1) is 0 Å². The van der Waals surface area contributed by atoms with Gasteiger partial charge in [-0.15, -0.1) is 0 Å². The largest absolute Gasteiger partial charge is 0.372 e. The molecule has 0 unspecified atom stereocenters. The second-order valence-electron chi connectivity index (χ2n) is 8.77. The molecule has 0 bridgehead atoms. The van der Waals surface area contributed by atoms with Crippen molar-refractivity contribution >= 4 is 33.8 Å². The molecule has 1 heterocycles. The zero-order chi connectivity index (χ0) is 26.5. The van der Waals surface area contributed by atoms with Crippen molar-refractivity contribution < 1.29 is 4.79 Å². The molecule has 0 aliphatic heterocycles. The zero-order valence-electron chi connectivity index (χ0n) is 22.5. The van der Waals surface area contributed by atoms with E-state index < -0.39 is 0 Å². The average Bonchev–Trinajstić information content (AvgIpc) is 3.26. The van der Waals surface area contributed by atoms with Crippen LogP contribution in [-0.2, 0) is 11.2 Å². The summed E-state index contributed by atoms with van der Waals surface area (Å²) in [5.74, 6) is 0. The Balaban J connectivity index is 0.000000240. The molecule has 0 saturated heterocycles. The van der Waals surface area contributed by atoms with Crippen LogP contribution in [-0.4, -0.2) is 29.4 Å². The van der Waals surface area contributed by atoms with Crippen LogP contribution < -0.4 is 10.9 Å². The van der Waals surface area contributed by atoms with E-state index in [0.717, 1.165) is 52.6 Å². The van der Waals surface area contributed by atoms with Gasteiger partial charge in [-0.3, -0.25) is 9.59 Å². The van der Waals surface area contributed by atoms with Crippen LogP contribution in [0.15, 0.2) is 71.7 Å². The third-order valence-corrected chi connectivity index (χ3v) is 5.77. The summed E-state index contributed by atoms with van der Waals surface area (Å²) in [7, 11) is 0. The number of carbonyl (C=O) groups is 1. The summed E-state index contributed by atoms with van der Waals surface area (Å²) < 4.78 is 0. The third kappa shape index (κ3) is 6.75. The second-order valence-corrected chi connectivity index (χ2v) is 8.77. The highest BCUT2D eigenvalue weighted by molar-refractivity contribution is 6.13. The Labute approximate surface area is 215 Å². The number of hydrogen-bond donors (Lipinski definition) is 2. The summed E-state index contributed by atoms with van der Waals surface area (Å²) in [5.41, 5.74) is 5.07. The molecule has 36 heavy (non-hydrogen) atoms. The maximum absolute atomic E-state index is 12.1. The van der Waals surface area contributed by atoms with Crippen LogP contribution in [0.4, 0.5) is 5.69 Å². The van der Waals surface area contributed by atoms with E-state index in [9.17, 15) is 9.59 Å². The molecule has 3 aromatic rings. The predicted molar refractivity (Wildman–Crippen MR) is 156 cm³/mol. The van der Waals surface area contributed by atoms with Crippen molar-refractivity contribution in [3.8, 4) is 0 Å². The van der Waals surface area contributed by atoms with Crippen LogP contribution in [0.3, 0.4) is 0 Å². The minimum absolute atomic E-state index is 0.0618. The van der Waals surface area contributed by atoms with Crippen molar-refractivity contribution in [1.29, 1.82) is 0 Å². The lowest BCUT2D eigenvalue weighted by Gasteiger charge is -2.24. The number of rotatable bonds is 9. The number of aromatic amines is 1. The minimum Gasteiger partial charge on any atom is -0.372 e. The van der Waals surface area contributed by atoms with Gasteiger partial charge in [0.25, 0.3) is 5.56 Å². The SMILES string of the molecule is C=C/C=C(\C=C/C)N(CCC)CCC.CCC.O=CNc1ccc2[nH]c(=O)c3cccc4c3c2c1C4. The van der Waals surface area contributed by atoms with E-state index in [1.807, 2.05) is 43.3 Å². The molecule has 1 aromatic heterocycles. The summed E-state index contributed by atoms with van der Waals surface area (Å²) >= 11 is 0. The van der Waals surface area contributed by atoms with E-state index in [4.69, 9.17) is 0 Å². The number of anilines is 1. The first-order chi connectivity index (χ1) is 17.5. The smallest absolute Gasteiger partial charge is 0.256 e. The predicted octanol–water partition coefficient (Wildman–Crippen LogP) is 7.32.